The topological polar surface area (TPSA) is 46.3 Å². The summed E-state index contributed by atoms with van der Waals surface area (Å²) >= 11 is 0. The van der Waals surface area contributed by atoms with Gasteiger partial charge in [0.2, 0.25) is 5.91 Å². The van der Waals surface area contributed by atoms with E-state index in [0.717, 1.165) is 30.8 Å². The first-order valence-electron chi connectivity index (χ1n) is 8.41. The Labute approximate surface area is 128 Å². The lowest BCUT2D eigenvalue weighted by Gasteiger charge is -2.19. The van der Waals surface area contributed by atoms with Gasteiger partial charge in [0.15, 0.2) is 0 Å². The maximum Gasteiger partial charge on any atom is 0.227 e. The molecule has 0 unspecified atom stereocenters. The fraction of sp³-hybridized carbons (Fsp3) is 0.611. The number of nitrogens with two attached hydrogens (primary N) is 1. The zero-order valence-corrected chi connectivity index (χ0v) is 13.2. The molecule has 0 radical (unpaired) electrons. The van der Waals surface area contributed by atoms with Gasteiger partial charge in [-0.3, -0.25) is 4.79 Å². The molecule has 1 aromatic rings. The van der Waals surface area contributed by atoms with Crippen LogP contribution in [0, 0.1) is 0 Å². The number of unbranched alkanes of at least 4 members (excludes halogenated alkanes) is 6. The maximum atomic E-state index is 12.4. The van der Waals surface area contributed by atoms with Crippen LogP contribution in [0.25, 0.3) is 0 Å². The lowest BCUT2D eigenvalue weighted by molar-refractivity contribution is -0.118. The second-order valence-electron chi connectivity index (χ2n) is 6.02. The fourth-order valence-corrected chi connectivity index (χ4v) is 3.10. The second kappa shape index (κ2) is 8.06. The molecule has 3 nitrogen and oxygen atoms in total. The molecule has 1 heterocycles. The first-order valence-corrected chi connectivity index (χ1v) is 8.41. The Bertz CT molecular complexity index is 470. The molecule has 0 aromatic heterocycles. The van der Waals surface area contributed by atoms with Gasteiger partial charge in [-0.15, -0.1) is 0 Å². The van der Waals surface area contributed by atoms with E-state index < -0.39 is 0 Å². The van der Waals surface area contributed by atoms with E-state index in [-0.39, 0.29) is 5.91 Å². The van der Waals surface area contributed by atoms with Crippen LogP contribution in [0.3, 0.4) is 0 Å². The summed E-state index contributed by atoms with van der Waals surface area (Å²) < 4.78 is 0. The molecular weight excluding hydrogens is 260 g/mol. The van der Waals surface area contributed by atoms with E-state index in [1.54, 1.807) is 0 Å². The molecule has 1 amide bonds. The number of anilines is 2. The highest BCUT2D eigenvalue weighted by atomic mass is 16.2. The Morgan fingerprint density at radius 2 is 1.86 bits per heavy atom. The number of carbonyl (C=O) groups excluding carboxylic acids is 1. The van der Waals surface area contributed by atoms with Crippen LogP contribution in [-0.4, -0.2) is 12.5 Å². The molecule has 2 N–H and O–H groups in total. The number of nitrogen functional groups attached to an aromatic ring is 1. The third kappa shape index (κ3) is 4.23. The molecule has 3 heteroatoms. The molecule has 0 saturated carbocycles. The average Bonchev–Trinajstić information content (AvgIpc) is 2.91. The van der Waals surface area contributed by atoms with E-state index in [1.165, 1.54) is 44.1 Å². The summed E-state index contributed by atoms with van der Waals surface area (Å²) in [6, 6.07) is 5.93. The van der Waals surface area contributed by atoms with Crippen LogP contribution < -0.4 is 10.6 Å². The van der Waals surface area contributed by atoms with Gasteiger partial charge < -0.3 is 10.6 Å². The van der Waals surface area contributed by atoms with Crippen molar-refractivity contribution in [3.8, 4) is 0 Å². The normalized spacial score (nSPS) is 13.5. The van der Waals surface area contributed by atoms with E-state index in [1.807, 2.05) is 17.0 Å². The Hall–Kier alpha value is -1.51. The summed E-state index contributed by atoms with van der Waals surface area (Å²) in [5.74, 6) is 0.236. The number of amides is 1. The van der Waals surface area contributed by atoms with Crippen LogP contribution in [0.1, 0.15) is 63.9 Å². The van der Waals surface area contributed by atoms with Gasteiger partial charge in [0, 0.05) is 13.0 Å². The number of para-hydroxylation sites is 1. The number of fused-ring (bicyclic) bond motifs is 1. The zero-order valence-electron chi connectivity index (χ0n) is 13.2. The molecule has 0 aliphatic carbocycles. The van der Waals surface area contributed by atoms with Crippen LogP contribution in [-0.2, 0) is 11.2 Å². The smallest absolute Gasteiger partial charge is 0.227 e. The SMILES string of the molecule is CCCCCCCCCC(=O)N1CCc2cccc(N)c21. The molecule has 0 atom stereocenters. The largest absolute Gasteiger partial charge is 0.397 e. The van der Waals surface area contributed by atoms with Crippen LogP contribution in [0.2, 0.25) is 0 Å². The minimum Gasteiger partial charge on any atom is -0.397 e. The standard InChI is InChI=1S/C18H28N2O/c1-2-3-4-5-6-7-8-12-17(21)20-14-13-15-10-9-11-16(19)18(15)20/h9-11H,2-8,12-14,19H2,1H3. The molecule has 2 rings (SSSR count). The first kappa shape index (κ1) is 15.9. The highest BCUT2D eigenvalue weighted by Crippen LogP contribution is 2.34. The Kier molecular flexibility index (Phi) is 6.09. The molecule has 0 saturated heterocycles. The summed E-state index contributed by atoms with van der Waals surface area (Å²) in [5, 5.41) is 0. The van der Waals surface area contributed by atoms with Gasteiger partial charge in [0.25, 0.3) is 0 Å². The highest BCUT2D eigenvalue weighted by molar-refractivity contribution is 5.98. The van der Waals surface area contributed by atoms with Crippen LogP contribution >= 0.6 is 0 Å². The predicted octanol–water partition coefficient (Wildman–Crippen LogP) is 4.30. The van der Waals surface area contributed by atoms with Gasteiger partial charge in [0.05, 0.1) is 11.4 Å². The van der Waals surface area contributed by atoms with Crippen molar-refractivity contribution in [3.05, 3.63) is 23.8 Å². The molecule has 0 bridgehead atoms. The van der Waals surface area contributed by atoms with Gasteiger partial charge in [-0.25, -0.2) is 0 Å². The van der Waals surface area contributed by atoms with Crippen molar-refractivity contribution in [2.24, 2.45) is 0 Å². The number of hydrogen-bond acceptors (Lipinski definition) is 2. The molecule has 1 aliphatic rings. The number of hydrogen-bond donors (Lipinski definition) is 1. The Balaban J connectivity index is 1.73. The van der Waals surface area contributed by atoms with Crippen molar-refractivity contribution in [2.75, 3.05) is 17.2 Å². The van der Waals surface area contributed by atoms with Crippen LogP contribution in [0.4, 0.5) is 11.4 Å². The number of carbonyl (C=O) groups is 1. The molecule has 1 aromatic carbocycles. The predicted molar refractivity (Wildman–Crippen MR) is 89.5 cm³/mol. The van der Waals surface area contributed by atoms with Crippen molar-refractivity contribution >= 4 is 17.3 Å². The van der Waals surface area contributed by atoms with Crippen molar-refractivity contribution in [3.63, 3.8) is 0 Å². The minimum atomic E-state index is 0.236. The summed E-state index contributed by atoms with van der Waals surface area (Å²) in [4.78, 5) is 14.3. The van der Waals surface area contributed by atoms with Gasteiger partial charge in [-0.05, 0) is 24.5 Å². The number of rotatable bonds is 8. The third-order valence-electron chi connectivity index (χ3n) is 4.32. The van der Waals surface area contributed by atoms with E-state index in [4.69, 9.17) is 5.73 Å². The number of nitrogens with zero attached hydrogens (tertiary/aromatic N) is 1. The first-order chi connectivity index (χ1) is 10.2. The molecule has 1 aliphatic heterocycles. The maximum absolute atomic E-state index is 12.4. The van der Waals surface area contributed by atoms with E-state index >= 15 is 0 Å². The zero-order chi connectivity index (χ0) is 15.1. The molecule has 116 valence electrons. The lowest BCUT2D eigenvalue weighted by atomic mass is 10.1. The van der Waals surface area contributed by atoms with Crippen molar-refractivity contribution in [1.82, 2.24) is 0 Å². The molecule has 21 heavy (non-hydrogen) atoms. The average molecular weight is 288 g/mol. The number of benzene rings is 1. The van der Waals surface area contributed by atoms with Crippen molar-refractivity contribution in [2.45, 2.75) is 64.7 Å². The van der Waals surface area contributed by atoms with Gasteiger partial charge in [0.1, 0.15) is 0 Å². The minimum absolute atomic E-state index is 0.236. The van der Waals surface area contributed by atoms with E-state index in [0.29, 0.717) is 6.42 Å². The van der Waals surface area contributed by atoms with Gasteiger partial charge in [-0.1, -0.05) is 57.6 Å². The van der Waals surface area contributed by atoms with Crippen molar-refractivity contribution in [1.29, 1.82) is 0 Å². The van der Waals surface area contributed by atoms with E-state index in [2.05, 4.69) is 13.0 Å². The quantitative estimate of drug-likeness (QED) is 0.572. The third-order valence-corrected chi connectivity index (χ3v) is 4.32. The Morgan fingerprint density at radius 3 is 2.62 bits per heavy atom. The van der Waals surface area contributed by atoms with Crippen molar-refractivity contribution < 1.29 is 4.79 Å². The molecule has 0 spiro atoms. The summed E-state index contributed by atoms with van der Waals surface area (Å²) in [7, 11) is 0. The van der Waals surface area contributed by atoms with Gasteiger partial charge in [-0.2, -0.15) is 0 Å². The van der Waals surface area contributed by atoms with Crippen LogP contribution in [0.5, 0.6) is 0 Å². The monoisotopic (exact) mass is 288 g/mol. The second-order valence-corrected chi connectivity index (χ2v) is 6.02. The summed E-state index contributed by atoms with van der Waals surface area (Å²) in [6.45, 7) is 3.02. The van der Waals surface area contributed by atoms with E-state index in [9.17, 15) is 4.79 Å². The fourth-order valence-electron chi connectivity index (χ4n) is 3.10. The van der Waals surface area contributed by atoms with Gasteiger partial charge >= 0.3 is 0 Å². The summed E-state index contributed by atoms with van der Waals surface area (Å²) in [6.07, 6.45) is 10.3. The molecular formula is C18H28N2O. The lowest BCUT2D eigenvalue weighted by Crippen LogP contribution is -2.29. The van der Waals surface area contributed by atoms with Crippen LogP contribution in [0.15, 0.2) is 18.2 Å². The molecule has 0 fully saturated rings. The Morgan fingerprint density at radius 1 is 1.14 bits per heavy atom. The summed E-state index contributed by atoms with van der Waals surface area (Å²) in [5.41, 5.74) is 8.94. The highest BCUT2D eigenvalue weighted by Gasteiger charge is 2.25.